The lowest BCUT2D eigenvalue weighted by Crippen LogP contribution is -2.40. The summed E-state index contributed by atoms with van der Waals surface area (Å²) < 4.78 is 13.3. The molecule has 6 heteroatoms. The van der Waals surface area contributed by atoms with E-state index in [1.807, 2.05) is 6.92 Å². The number of carbonyl (C=O) groups excluding carboxylic acids is 1. The number of nitrogens with one attached hydrogen (secondary N) is 3. The van der Waals surface area contributed by atoms with E-state index in [-0.39, 0.29) is 24.0 Å². The summed E-state index contributed by atoms with van der Waals surface area (Å²) in [6.45, 7) is 1.87. The van der Waals surface area contributed by atoms with Crippen LogP contribution in [-0.4, -0.2) is 17.9 Å². The second-order valence-corrected chi connectivity index (χ2v) is 3.91. The number of carbonyl (C=O) groups is 1. The number of anilines is 1. The molecule has 2 amide bonds. The van der Waals surface area contributed by atoms with Gasteiger partial charge in [0.05, 0.1) is 11.5 Å². The van der Waals surface area contributed by atoms with E-state index in [0.717, 1.165) is 0 Å². The highest BCUT2D eigenvalue weighted by Crippen LogP contribution is 2.12. The standard InChI is InChI=1S/C12H17FN4O/c1-2-8(7-11(14)15)16-12(18)17-10-6-4-3-5-9(10)13/h3-6,8H,2,7H2,1H3,(H3,14,15)(H2,16,17,18). The van der Waals surface area contributed by atoms with Gasteiger partial charge in [0.2, 0.25) is 0 Å². The summed E-state index contributed by atoms with van der Waals surface area (Å²) >= 11 is 0. The van der Waals surface area contributed by atoms with Crippen molar-refractivity contribution in [3.63, 3.8) is 0 Å². The van der Waals surface area contributed by atoms with E-state index in [1.165, 1.54) is 12.1 Å². The third kappa shape index (κ3) is 4.40. The molecule has 0 aliphatic rings. The van der Waals surface area contributed by atoms with Gasteiger partial charge in [-0.25, -0.2) is 9.18 Å². The minimum Gasteiger partial charge on any atom is -0.388 e. The number of amidine groups is 1. The monoisotopic (exact) mass is 252 g/mol. The van der Waals surface area contributed by atoms with Gasteiger partial charge in [0, 0.05) is 12.5 Å². The van der Waals surface area contributed by atoms with Crippen molar-refractivity contribution in [3.8, 4) is 0 Å². The minimum absolute atomic E-state index is 0.00745. The molecule has 0 radical (unpaired) electrons. The highest BCUT2D eigenvalue weighted by Gasteiger charge is 2.12. The van der Waals surface area contributed by atoms with Crippen molar-refractivity contribution in [2.24, 2.45) is 5.73 Å². The third-order valence-electron chi connectivity index (χ3n) is 2.42. The van der Waals surface area contributed by atoms with Crippen LogP contribution in [0.3, 0.4) is 0 Å². The van der Waals surface area contributed by atoms with Gasteiger partial charge in [-0.15, -0.1) is 0 Å². The Labute approximate surface area is 105 Å². The summed E-state index contributed by atoms with van der Waals surface area (Å²) in [5, 5.41) is 12.2. The molecule has 1 rings (SSSR count). The maximum absolute atomic E-state index is 13.3. The Balaban J connectivity index is 2.55. The average Bonchev–Trinajstić information content (AvgIpc) is 2.30. The van der Waals surface area contributed by atoms with Crippen LogP contribution in [0.25, 0.3) is 0 Å². The maximum atomic E-state index is 13.3. The molecule has 1 atom stereocenters. The maximum Gasteiger partial charge on any atom is 0.319 e. The summed E-state index contributed by atoms with van der Waals surface area (Å²) in [6.07, 6.45) is 0.922. The van der Waals surface area contributed by atoms with E-state index in [2.05, 4.69) is 10.6 Å². The molecule has 0 saturated carbocycles. The molecule has 1 aromatic rings. The number of halogens is 1. The Morgan fingerprint density at radius 1 is 1.50 bits per heavy atom. The van der Waals surface area contributed by atoms with Gasteiger partial charge in [0.15, 0.2) is 0 Å². The molecule has 0 aromatic heterocycles. The fourth-order valence-electron chi connectivity index (χ4n) is 1.47. The predicted molar refractivity (Wildman–Crippen MR) is 69.2 cm³/mol. The highest BCUT2D eigenvalue weighted by molar-refractivity contribution is 5.90. The minimum atomic E-state index is -0.506. The Morgan fingerprint density at radius 2 is 2.17 bits per heavy atom. The van der Waals surface area contributed by atoms with Crippen molar-refractivity contribution in [2.45, 2.75) is 25.8 Å². The second-order valence-electron chi connectivity index (χ2n) is 3.91. The van der Waals surface area contributed by atoms with Gasteiger partial charge in [-0.2, -0.15) is 0 Å². The van der Waals surface area contributed by atoms with Crippen LogP contribution < -0.4 is 16.4 Å². The topological polar surface area (TPSA) is 91.0 Å². The molecule has 98 valence electrons. The van der Waals surface area contributed by atoms with E-state index >= 15 is 0 Å². The first-order chi connectivity index (χ1) is 8.52. The van der Waals surface area contributed by atoms with Crippen LogP contribution in [0.1, 0.15) is 19.8 Å². The van der Waals surface area contributed by atoms with Gasteiger partial charge in [-0.1, -0.05) is 19.1 Å². The fraction of sp³-hybridized carbons (Fsp3) is 0.333. The van der Waals surface area contributed by atoms with E-state index in [0.29, 0.717) is 6.42 Å². The van der Waals surface area contributed by atoms with Gasteiger partial charge in [0.1, 0.15) is 5.82 Å². The Bertz CT molecular complexity index is 436. The van der Waals surface area contributed by atoms with Crippen LogP contribution in [0, 0.1) is 11.2 Å². The molecule has 0 heterocycles. The van der Waals surface area contributed by atoms with Crippen LogP contribution in [0.15, 0.2) is 24.3 Å². The largest absolute Gasteiger partial charge is 0.388 e. The number of rotatable bonds is 5. The van der Waals surface area contributed by atoms with Crippen molar-refractivity contribution in [2.75, 3.05) is 5.32 Å². The fourth-order valence-corrected chi connectivity index (χ4v) is 1.47. The molecular weight excluding hydrogens is 235 g/mol. The molecule has 1 aromatic carbocycles. The van der Waals surface area contributed by atoms with Gasteiger partial charge >= 0.3 is 6.03 Å². The quantitative estimate of drug-likeness (QED) is 0.477. The molecule has 0 spiro atoms. The molecule has 0 saturated heterocycles. The molecule has 0 aliphatic heterocycles. The van der Waals surface area contributed by atoms with Crippen LogP contribution in [0.5, 0.6) is 0 Å². The molecule has 0 bridgehead atoms. The van der Waals surface area contributed by atoms with E-state index in [4.69, 9.17) is 11.1 Å². The molecule has 1 unspecified atom stereocenters. The van der Waals surface area contributed by atoms with Crippen molar-refractivity contribution >= 4 is 17.6 Å². The van der Waals surface area contributed by atoms with Crippen LogP contribution in [0.2, 0.25) is 0 Å². The first-order valence-electron chi connectivity index (χ1n) is 5.67. The van der Waals surface area contributed by atoms with Gasteiger partial charge in [-0.3, -0.25) is 5.41 Å². The number of nitrogens with two attached hydrogens (primary N) is 1. The summed E-state index contributed by atoms with van der Waals surface area (Å²) in [6, 6.07) is 5.18. The summed E-state index contributed by atoms with van der Waals surface area (Å²) in [5.41, 5.74) is 5.39. The average molecular weight is 252 g/mol. The lowest BCUT2D eigenvalue weighted by molar-refractivity contribution is 0.248. The molecular formula is C12H17FN4O. The van der Waals surface area contributed by atoms with Crippen molar-refractivity contribution in [1.29, 1.82) is 5.41 Å². The first-order valence-corrected chi connectivity index (χ1v) is 5.67. The van der Waals surface area contributed by atoms with Gasteiger partial charge in [0.25, 0.3) is 0 Å². The van der Waals surface area contributed by atoms with Crippen LogP contribution >= 0.6 is 0 Å². The number of benzene rings is 1. The van der Waals surface area contributed by atoms with E-state index < -0.39 is 11.8 Å². The summed E-state index contributed by atoms with van der Waals surface area (Å²) in [4.78, 5) is 11.6. The molecule has 0 aliphatic carbocycles. The highest BCUT2D eigenvalue weighted by atomic mass is 19.1. The lowest BCUT2D eigenvalue weighted by Gasteiger charge is -2.16. The number of para-hydroxylation sites is 1. The molecule has 18 heavy (non-hydrogen) atoms. The van der Waals surface area contributed by atoms with Crippen molar-refractivity contribution in [1.82, 2.24) is 5.32 Å². The Hall–Kier alpha value is -2.11. The molecule has 5 N–H and O–H groups in total. The van der Waals surface area contributed by atoms with Crippen molar-refractivity contribution < 1.29 is 9.18 Å². The van der Waals surface area contributed by atoms with Crippen LogP contribution in [0.4, 0.5) is 14.9 Å². The first kappa shape index (κ1) is 14.0. The summed E-state index contributed by atoms with van der Waals surface area (Å²) in [7, 11) is 0. The zero-order valence-corrected chi connectivity index (χ0v) is 10.2. The molecule has 0 fully saturated rings. The normalized spacial score (nSPS) is 11.7. The molecule has 5 nitrogen and oxygen atoms in total. The number of urea groups is 1. The van der Waals surface area contributed by atoms with Crippen molar-refractivity contribution in [3.05, 3.63) is 30.1 Å². The lowest BCUT2D eigenvalue weighted by atomic mass is 10.1. The SMILES string of the molecule is CCC(CC(=N)N)NC(=O)Nc1ccccc1F. The number of hydrogen-bond acceptors (Lipinski definition) is 2. The predicted octanol–water partition coefficient (Wildman–Crippen LogP) is 2.05. The summed E-state index contributed by atoms with van der Waals surface area (Å²) in [5.74, 6) is -0.486. The number of amides is 2. The number of hydrogen-bond donors (Lipinski definition) is 4. The van der Waals surface area contributed by atoms with Crippen LogP contribution in [-0.2, 0) is 0 Å². The van der Waals surface area contributed by atoms with Gasteiger partial charge < -0.3 is 16.4 Å². The zero-order chi connectivity index (χ0) is 13.5. The third-order valence-corrected chi connectivity index (χ3v) is 2.42. The smallest absolute Gasteiger partial charge is 0.319 e. The second kappa shape index (κ2) is 6.58. The van der Waals surface area contributed by atoms with E-state index in [1.54, 1.807) is 12.1 Å². The van der Waals surface area contributed by atoms with E-state index in [9.17, 15) is 9.18 Å². The zero-order valence-electron chi connectivity index (χ0n) is 10.2. The Kier molecular flexibility index (Phi) is 5.10. The Morgan fingerprint density at radius 3 is 2.72 bits per heavy atom. The van der Waals surface area contributed by atoms with Gasteiger partial charge in [-0.05, 0) is 18.6 Å².